The molecule has 0 bridgehead atoms. The highest BCUT2D eigenvalue weighted by Crippen LogP contribution is 2.23. The van der Waals surface area contributed by atoms with E-state index in [-0.39, 0.29) is 5.82 Å². The first-order valence-corrected chi connectivity index (χ1v) is 5.42. The molecule has 0 amide bonds. The molecule has 82 valence electrons. The Hall–Kier alpha value is -1.41. The molecule has 0 unspecified atom stereocenters. The van der Waals surface area contributed by atoms with Gasteiger partial charge in [0, 0.05) is 10.9 Å². The summed E-state index contributed by atoms with van der Waals surface area (Å²) in [6.45, 7) is 1.90. The molecular formula is C13H10ClFO. The molecule has 0 aliphatic rings. The van der Waals surface area contributed by atoms with Crippen LogP contribution in [-0.2, 0) is 6.42 Å². The van der Waals surface area contributed by atoms with E-state index in [2.05, 4.69) is 0 Å². The molecule has 0 heterocycles. The summed E-state index contributed by atoms with van der Waals surface area (Å²) in [6.07, 6.45) is 0.651. The minimum absolute atomic E-state index is 0.214. The van der Waals surface area contributed by atoms with E-state index in [1.807, 2.05) is 6.92 Å². The monoisotopic (exact) mass is 236 g/mol. The van der Waals surface area contributed by atoms with Crippen molar-refractivity contribution in [2.24, 2.45) is 0 Å². The third-order valence-corrected chi connectivity index (χ3v) is 2.86. The predicted molar refractivity (Wildman–Crippen MR) is 63.5 cm³/mol. The number of carbonyl (C=O) groups is 1. The number of rotatable bonds is 2. The summed E-state index contributed by atoms with van der Waals surface area (Å²) in [5.74, 6) is -0.214. The lowest BCUT2D eigenvalue weighted by molar-refractivity contribution is 0.108. The molecule has 0 aliphatic heterocycles. The molecule has 0 saturated heterocycles. The van der Waals surface area contributed by atoms with Gasteiger partial charge in [0.25, 0.3) is 5.24 Å². The average Bonchev–Trinajstić information content (AvgIpc) is 2.29. The number of benzene rings is 2. The second kappa shape index (κ2) is 4.22. The van der Waals surface area contributed by atoms with E-state index >= 15 is 0 Å². The van der Waals surface area contributed by atoms with Crippen LogP contribution in [0, 0.1) is 5.82 Å². The fraction of sp³-hybridized carbons (Fsp3) is 0.154. The Kier molecular flexibility index (Phi) is 2.92. The Morgan fingerprint density at radius 3 is 2.69 bits per heavy atom. The van der Waals surface area contributed by atoms with Crippen LogP contribution in [0.15, 0.2) is 30.3 Å². The van der Waals surface area contributed by atoms with Gasteiger partial charge >= 0.3 is 0 Å². The van der Waals surface area contributed by atoms with Crippen molar-refractivity contribution in [2.45, 2.75) is 13.3 Å². The van der Waals surface area contributed by atoms with Crippen LogP contribution in [0.4, 0.5) is 4.39 Å². The molecule has 2 rings (SSSR count). The van der Waals surface area contributed by atoms with Gasteiger partial charge in [0.2, 0.25) is 0 Å². The number of hydrogen-bond acceptors (Lipinski definition) is 1. The third-order valence-electron chi connectivity index (χ3n) is 2.64. The number of hydrogen-bond donors (Lipinski definition) is 0. The summed E-state index contributed by atoms with van der Waals surface area (Å²) < 4.78 is 13.9. The summed E-state index contributed by atoms with van der Waals surface area (Å²) in [5, 5.41) is 0.698. The number of fused-ring (bicyclic) bond motifs is 1. The normalized spacial score (nSPS) is 10.7. The van der Waals surface area contributed by atoms with Gasteiger partial charge in [-0.05, 0) is 41.1 Å². The van der Waals surface area contributed by atoms with Crippen LogP contribution in [0.2, 0.25) is 0 Å². The van der Waals surface area contributed by atoms with Crippen LogP contribution in [0.3, 0.4) is 0 Å². The van der Waals surface area contributed by atoms with Crippen molar-refractivity contribution in [1.29, 1.82) is 0 Å². The van der Waals surface area contributed by atoms with Crippen molar-refractivity contribution >= 4 is 27.6 Å². The zero-order valence-electron chi connectivity index (χ0n) is 8.76. The van der Waals surface area contributed by atoms with Crippen molar-refractivity contribution in [1.82, 2.24) is 0 Å². The number of aryl methyl sites for hydroxylation is 1. The molecule has 0 N–H and O–H groups in total. The maximum Gasteiger partial charge on any atom is 0.252 e. The largest absolute Gasteiger partial charge is 0.276 e. The summed E-state index contributed by atoms with van der Waals surface area (Å²) in [5.41, 5.74) is 1.07. The molecule has 3 heteroatoms. The van der Waals surface area contributed by atoms with E-state index < -0.39 is 5.24 Å². The van der Waals surface area contributed by atoms with Gasteiger partial charge < -0.3 is 0 Å². The summed E-state index contributed by atoms with van der Waals surface area (Å²) in [4.78, 5) is 11.0. The lowest BCUT2D eigenvalue weighted by Gasteiger charge is -2.05. The van der Waals surface area contributed by atoms with Gasteiger partial charge in [0.05, 0.1) is 0 Å². The van der Waals surface area contributed by atoms with Crippen molar-refractivity contribution in [2.75, 3.05) is 0 Å². The lowest BCUT2D eigenvalue weighted by Crippen LogP contribution is -1.92. The predicted octanol–water partition coefficient (Wildman–Crippen LogP) is 3.92. The van der Waals surface area contributed by atoms with E-state index in [1.165, 1.54) is 0 Å². The summed E-state index contributed by atoms with van der Waals surface area (Å²) in [7, 11) is 0. The van der Waals surface area contributed by atoms with Gasteiger partial charge in [0.15, 0.2) is 0 Å². The topological polar surface area (TPSA) is 17.1 Å². The molecule has 0 atom stereocenters. The smallest absolute Gasteiger partial charge is 0.252 e. The van der Waals surface area contributed by atoms with Gasteiger partial charge in [-0.25, -0.2) is 4.39 Å². The van der Waals surface area contributed by atoms with Crippen LogP contribution >= 0.6 is 11.6 Å². The summed E-state index contributed by atoms with van der Waals surface area (Å²) in [6, 6.07) is 8.29. The maximum atomic E-state index is 13.9. The van der Waals surface area contributed by atoms with Gasteiger partial charge in [-0.2, -0.15) is 0 Å². The van der Waals surface area contributed by atoms with E-state index in [1.54, 1.807) is 30.3 Å². The first-order chi connectivity index (χ1) is 7.63. The molecule has 2 aromatic rings. The second-order valence-electron chi connectivity index (χ2n) is 3.60. The molecule has 0 fully saturated rings. The van der Waals surface area contributed by atoms with E-state index in [9.17, 15) is 9.18 Å². The Bertz CT molecular complexity index is 563. The van der Waals surface area contributed by atoms with E-state index in [4.69, 9.17) is 11.6 Å². The van der Waals surface area contributed by atoms with Crippen molar-refractivity contribution in [3.05, 3.63) is 47.3 Å². The maximum absolute atomic E-state index is 13.9. The Labute approximate surface area is 97.8 Å². The number of carbonyl (C=O) groups excluding carboxylic acids is 1. The van der Waals surface area contributed by atoms with Crippen LogP contribution in [0.1, 0.15) is 22.8 Å². The zero-order chi connectivity index (χ0) is 11.7. The lowest BCUT2D eigenvalue weighted by atomic mass is 10.0. The Balaban J connectivity index is 2.69. The van der Waals surface area contributed by atoms with E-state index in [0.29, 0.717) is 28.3 Å². The standard InChI is InChI=1S/C13H10ClFO/c1-2-8-3-4-9-7-10(13(14)16)5-6-11(9)12(8)15/h3-7H,2H2,1H3. The highest BCUT2D eigenvalue weighted by atomic mass is 35.5. The van der Waals surface area contributed by atoms with Crippen molar-refractivity contribution < 1.29 is 9.18 Å². The van der Waals surface area contributed by atoms with E-state index in [0.717, 1.165) is 0 Å². The first-order valence-electron chi connectivity index (χ1n) is 5.04. The van der Waals surface area contributed by atoms with Gasteiger partial charge in [-0.3, -0.25) is 4.79 Å². The third kappa shape index (κ3) is 1.81. The van der Waals surface area contributed by atoms with Gasteiger partial charge in [-0.1, -0.05) is 25.1 Å². The highest BCUT2D eigenvalue weighted by Gasteiger charge is 2.08. The molecule has 16 heavy (non-hydrogen) atoms. The zero-order valence-corrected chi connectivity index (χ0v) is 9.51. The minimum Gasteiger partial charge on any atom is -0.276 e. The molecular weight excluding hydrogens is 227 g/mol. The molecule has 0 aromatic heterocycles. The van der Waals surface area contributed by atoms with Crippen LogP contribution in [0.25, 0.3) is 10.8 Å². The molecule has 0 spiro atoms. The summed E-state index contributed by atoms with van der Waals surface area (Å²) >= 11 is 5.37. The first kappa shape index (κ1) is 11.1. The Morgan fingerprint density at radius 2 is 2.06 bits per heavy atom. The average molecular weight is 237 g/mol. The number of halogens is 2. The molecule has 2 aromatic carbocycles. The fourth-order valence-corrected chi connectivity index (χ4v) is 1.85. The second-order valence-corrected chi connectivity index (χ2v) is 3.95. The quantitative estimate of drug-likeness (QED) is 0.723. The van der Waals surface area contributed by atoms with Gasteiger partial charge in [-0.15, -0.1) is 0 Å². The van der Waals surface area contributed by atoms with Crippen molar-refractivity contribution in [3.63, 3.8) is 0 Å². The molecule has 1 nitrogen and oxygen atoms in total. The highest BCUT2D eigenvalue weighted by molar-refractivity contribution is 6.67. The minimum atomic E-state index is -0.526. The SMILES string of the molecule is CCc1ccc2cc(C(=O)Cl)ccc2c1F. The molecule has 0 saturated carbocycles. The molecule has 0 radical (unpaired) electrons. The van der Waals surface area contributed by atoms with Crippen LogP contribution in [-0.4, -0.2) is 5.24 Å². The van der Waals surface area contributed by atoms with Crippen LogP contribution in [0.5, 0.6) is 0 Å². The molecule has 0 aliphatic carbocycles. The van der Waals surface area contributed by atoms with Crippen molar-refractivity contribution in [3.8, 4) is 0 Å². The van der Waals surface area contributed by atoms with Gasteiger partial charge in [0.1, 0.15) is 5.82 Å². The fourth-order valence-electron chi connectivity index (χ4n) is 1.73. The Morgan fingerprint density at radius 1 is 1.31 bits per heavy atom. The van der Waals surface area contributed by atoms with Crippen LogP contribution < -0.4 is 0 Å².